The molecule has 13 nitrogen and oxygen atoms in total. The number of hydrogen-bond donors (Lipinski definition) is 0. The smallest absolute Gasteiger partial charge is 0.334 e. The molecule has 13 heteroatoms. The fourth-order valence-electron chi connectivity index (χ4n) is 13.5. The lowest BCUT2D eigenvalue weighted by atomic mass is 9.46. The highest BCUT2D eigenvalue weighted by Crippen LogP contribution is 2.83. The molecule has 0 aromatic heterocycles. The summed E-state index contributed by atoms with van der Waals surface area (Å²) in [4.78, 5) is 65.7. The molecule has 2 saturated carbocycles. The first-order valence-corrected chi connectivity index (χ1v) is 22.7. The van der Waals surface area contributed by atoms with Gasteiger partial charge in [-0.2, -0.15) is 0 Å². The SMILES string of the molecule is CCC(C)C(=O)OC1CC(C)C=C2C=CC(C)C(CCC3CC(OC(=O)CC(=O)OC4C5(C(C)C)OC5C5OC56C5(C)CCC7=C(COC7=O)C5CC5OC546)CC(=O)O3)C21. The lowest BCUT2D eigenvalue weighted by Gasteiger charge is -2.53. The van der Waals surface area contributed by atoms with Crippen molar-refractivity contribution in [3.05, 3.63) is 34.9 Å². The predicted molar refractivity (Wildman–Crippen MR) is 210 cm³/mol. The molecule has 2 spiro atoms. The van der Waals surface area contributed by atoms with Gasteiger partial charge < -0.3 is 37.9 Å². The summed E-state index contributed by atoms with van der Waals surface area (Å²) in [6.45, 7) is 14.8. The van der Waals surface area contributed by atoms with Crippen molar-refractivity contribution in [2.24, 2.45) is 46.8 Å². The van der Waals surface area contributed by atoms with E-state index >= 15 is 0 Å². The minimum absolute atomic E-state index is 0.0327. The van der Waals surface area contributed by atoms with Gasteiger partial charge in [0.1, 0.15) is 54.7 Å². The number of fused-ring (bicyclic) bond motifs is 5. The molecule has 5 aliphatic heterocycles. The Kier molecular flexibility index (Phi) is 9.44. The fraction of sp³-hybridized carbons (Fsp3) is 0.766. The third-order valence-corrected chi connectivity index (χ3v) is 16.8. The Hall–Kier alpha value is -3.55. The Balaban J connectivity index is 0.793. The van der Waals surface area contributed by atoms with Crippen molar-refractivity contribution in [1.82, 2.24) is 0 Å². The van der Waals surface area contributed by atoms with Crippen molar-refractivity contribution in [1.29, 1.82) is 0 Å². The van der Waals surface area contributed by atoms with Crippen LogP contribution in [0, 0.1) is 46.8 Å². The van der Waals surface area contributed by atoms with E-state index in [0.717, 1.165) is 30.4 Å². The first-order chi connectivity index (χ1) is 28.6. The molecular formula is C47H60O13. The Morgan fingerprint density at radius 3 is 2.50 bits per heavy atom. The zero-order valence-corrected chi connectivity index (χ0v) is 35.9. The Morgan fingerprint density at radius 1 is 0.950 bits per heavy atom. The zero-order valence-electron chi connectivity index (χ0n) is 35.9. The standard InChI is InChI=1S/C47H60O13/c1-8-24(5)41(51)56-33-16-23(4)15-26-10-9-25(6)29(38(26)33)12-11-27-17-28(18-35(48)54-27)55-36(49)20-37(50)57-43-45(22(2)3)39(59-45)40-47(60-40)44(7)14-13-30-31(21-53-42(30)52)32(44)19-34-46(43,47)58-34/h9-10,15,22-25,27-29,32-34,38-40,43H,8,11-14,16-21H2,1-7H3. The fourth-order valence-corrected chi connectivity index (χ4v) is 13.5. The van der Waals surface area contributed by atoms with E-state index in [1.54, 1.807) is 0 Å². The maximum absolute atomic E-state index is 13.8. The summed E-state index contributed by atoms with van der Waals surface area (Å²) < 4.78 is 49.7. The number of allylic oxidation sites excluding steroid dienone is 3. The molecule has 10 aliphatic rings. The van der Waals surface area contributed by atoms with Crippen LogP contribution in [0.5, 0.6) is 0 Å². The number of ether oxygens (including phenoxy) is 8. The van der Waals surface area contributed by atoms with Gasteiger partial charge in [0.15, 0.2) is 11.7 Å². The quantitative estimate of drug-likeness (QED) is 0.106. The van der Waals surface area contributed by atoms with Crippen molar-refractivity contribution in [3.63, 3.8) is 0 Å². The van der Waals surface area contributed by atoms with Crippen molar-refractivity contribution >= 4 is 29.8 Å². The number of hydrogen-bond acceptors (Lipinski definition) is 13. The summed E-state index contributed by atoms with van der Waals surface area (Å²) in [5, 5.41) is 0. The highest BCUT2D eigenvalue weighted by Gasteiger charge is 3.01. The van der Waals surface area contributed by atoms with Crippen LogP contribution in [0.1, 0.15) is 113 Å². The van der Waals surface area contributed by atoms with Crippen LogP contribution in [0.15, 0.2) is 34.9 Å². The molecule has 0 aromatic rings. The summed E-state index contributed by atoms with van der Waals surface area (Å²) >= 11 is 0. The third kappa shape index (κ3) is 5.75. The highest BCUT2D eigenvalue weighted by molar-refractivity contribution is 5.93. The average molecular weight is 833 g/mol. The van der Waals surface area contributed by atoms with Gasteiger partial charge in [0, 0.05) is 23.3 Å². The maximum Gasteiger partial charge on any atom is 0.334 e. The number of rotatable bonds is 11. The van der Waals surface area contributed by atoms with Crippen LogP contribution in [-0.2, 0) is 61.9 Å². The summed E-state index contributed by atoms with van der Waals surface area (Å²) in [6, 6.07) is 0. The van der Waals surface area contributed by atoms with E-state index in [4.69, 9.17) is 37.9 Å². The van der Waals surface area contributed by atoms with E-state index in [-0.39, 0.29) is 90.8 Å². The molecule has 60 heavy (non-hydrogen) atoms. The van der Waals surface area contributed by atoms with Crippen molar-refractivity contribution in [2.45, 2.75) is 172 Å². The van der Waals surface area contributed by atoms with Crippen LogP contribution < -0.4 is 0 Å². The summed E-state index contributed by atoms with van der Waals surface area (Å²) in [6.07, 6.45) is 7.97. The van der Waals surface area contributed by atoms with Gasteiger partial charge >= 0.3 is 29.8 Å². The molecule has 5 aliphatic carbocycles. The van der Waals surface area contributed by atoms with E-state index in [1.807, 2.05) is 27.7 Å². The topological polar surface area (TPSA) is 169 Å². The number of carbonyl (C=O) groups is 5. The normalized spacial score (nSPS) is 46.7. The molecule has 6 fully saturated rings. The lowest BCUT2D eigenvalue weighted by Crippen LogP contribution is -2.70. The molecule has 17 atom stereocenters. The number of esters is 5. The second-order valence-electron chi connectivity index (χ2n) is 20.4. The molecule has 17 unspecified atom stereocenters. The Morgan fingerprint density at radius 2 is 1.73 bits per heavy atom. The molecule has 0 amide bonds. The van der Waals surface area contributed by atoms with Crippen LogP contribution in [0.3, 0.4) is 0 Å². The molecule has 0 N–H and O–H groups in total. The van der Waals surface area contributed by atoms with E-state index < -0.39 is 64.9 Å². The largest absolute Gasteiger partial charge is 0.462 e. The Bertz CT molecular complexity index is 1980. The van der Waals surface area contributed by atoms with Crippen molar-refractivity contribution in [3.8, 4) is 0 Å². The minimum atomic E-state index is -0.935. The Labute approximate surface area is 351 Å². The number of cyclic esters (lactones) is 2. The molecular weight excluding hydrogens is 773 g/mol. The van der Waals surface area contributed by atoms with Crippen LogP contribution in [0.2, 0.25) is 0 Å². The van der Waals surface area contributed by atoms with Crippen LogP contribution in [0.4, 0.5) is 0 Å². The molecule has 0 aromatic carbocycles. The van der Waals surface area contributed by atoms with Gasteiger partial charge in [-0.1, -0.05) is 66.7 Å². The monoisotopic (exact) mass is 832 g/mol. The number of carbonyl (C=O) groups excluding carboxylic acids is 5. The first-order valence-electron chi connectivity index (χ1n) is 22.7. The average Bonchev–Trinajstić information content (AvgIpc) is 4.12. The zero-order chi connectivity index (χ0) is 42.3. The summed E-state index contributed by atoms with van der Waals surface area (Å²) in [5.74, 6) is -1.79. The van der Waals surface area contributed by atoms with Gasteiger partial charge in [-0.05, 0) is 85.7 Å². The van der Waals surface area contributed by atoms with Crippen LogP contribution in [0.25, 0.3) is 0 Å². The van der Waals surface area contributed by atoms with Gasteiger partial charge in [0.05, 0.1) is 18.4 Å². The minimum Gasteiger partial charge on any atom is -0.462 e. The molecule has 0 bridgehead atoms. The van der Waals surface area contributed by atoms with Crippen molar-refractivity contribution < 1.29 is 61.9 Å². The van der Waals surface area contributed by atoms with Crippen molar-refractivity contribution in [2.75, 3.05) is 6.61 Å². The van der Waals surface area contributed by atoms with Gasteiger partial charge in [-0.15, -0.1) is 0 Å². The molecule has 10 rings (SSSR count). The lowest BCUT2D eigenvalue weighted by molar-refractivity contribution is -0.177. The molecule has 4 saturated heterocycles. The number of epoxide rings is 3. The predicted octanol–water partition coefficient (Wildman–Crippen LogP) is 5.80. The maximum atomic E-state index is 13.8. The summed E-state index contributed by atoms with van der Waals surface area (Å²) in [5.41, 5.74) is 0.105. The van der Waals surface area contributed by atoms with E-state index in [9.17, 15) is 24.0 Å². The van der Waals surface area contributed by atoms with Gasteiger partial charge in [-0.3, -0.25) is 19.2 Å². The molecule has 5 heterocycles. The highest BCUT2D eigenvalue weighted by atomic mass is 16.8. The van der Waals surface area contributed by atoms with Gasteiger partial charge in [0.2, 0.25) is 0 Å². The van der Waals surface area contributed by atoms with E-state index in [1.165, 1.54) is 5.57 Å². The summed E-state index contributed by atoms with van der Waals surface area (Å²) in [7, 11) is 0. The second-order valence-corrected chi connectivity index (χ2v) is 20.4. The second kappa shape index (κ2) is 14.0. The van der Waals surface area contributed by atoms with E-state index in [2.05, 4.69) is 39.0 Å². The van der Waals surface area contributed by atoms with Gasteiger partial charge in [0.25, 0.3) is 0 Å². The van der Waals surface area contributed by atoms with Crippen LogP contribution >= 0.6 is 0 Å². The van der Waals surface area contributed by atoms with E-state index in [0.29, 0.717) is 32.1 Å². The third-order valence-electron chi connectivity index (χ3n) is 16.8. The van der Waals surface area contributed by atoms with Crippen LogP contribution in [-0.4, -0.2) is 96.0 Å². The first kappa shape index (κ1) is 40.5. The molecule has 326 valence electrons. The molecule has 0 radical (unpaired) electrons. The van der Waals surface area contributed by atoms with Gasteiger partial charge in [-0.25, -0.2) is 4.79 Å².